The van der Waals surface area contributed by atoms with Crippen molar-refractivity contribution in [3.05, 3.63) is 53.6 Å². The normalized spacial score (nSPS) is 15.5. The lowest BCUT2D eigenvalue weighted by Gasteiger charge is -2.27. The molecule has 0 radical (unpaired) electrons. The zero-order valence-electron chi connectivity index (χ0n) is 14.1. The van der Waals surface area contributed by atoms with Crippen molar-refractivity contribution in [2.24, 2.45) is 0 Å². The third-order valence-corrected chi connectivity index (χ3v) is 4.30. The average molecular weight is 326 g/mol. The van der Waals surface area contributed by atoms with E-state index in [0.717, 1.165) is 5.56 Å². The van der Waals surface area contributed by atoms with Crippen LogP contribution < -0.4 is 26.4 Å². The Hall–Kier alpha value is -2.48. The fourth-order valence-corrected chi connectivity index (χ4v) is 2.99. The summed E-state index contributed by atoms with van der Waals surface area (Å²) in [6, 6.07) is 13.9. The summed E-state index contributed by atoms with van der Waals surface area (Å²) in [5.41, 5.74) is 3.90. The third-order valence-electron chi connectivity index (χ3n) is 4.30. The van der Waals surface area contributed by atoms with Gasteiger partial charge in [0.05, 0.1) is 0 Å². The Balaban J connectivity index is 1.90. The predicted octanol–water partition coefficient (Wildman–Crippen LogP) is 0.766. The van der Waals surface area contributed by atoms with Gasteiger partial charge >= 0.3 is 0 Å². The van der Waals surface area contributed by atoms with Crippen LogP contribution >= 0.6 is 0 Å². The van der Waals surface area contributed by atoms with Crippen molar-refractivity contribution in [1.29, 1.82) is 0 Å². The quantitative estimate of drug-likeness (QED) is 0.587. The lowest BCUT2D eigenvalue weighted by atomic mass is 10.0. The molecule has 24 heavy (non-hydrogen) atoms. The van der Waals surface area contributed by atoms with Crippen LogP contribution in [0.1, 0.15) is 11.1 Å². The van der Waals surface area contributed by atoms with Crippen LogP contribution in [-0.2, 0) is 17.0 Å². The molecule has 0 spiro atoms. The van der Waals surface area contributed by atoms with Gasteiger partial charge in [0.1, 0.15) is 5.82 Å². The SMILES string of the molecule is CNN1C(=O)C(NC)(NC)c2ccc(NCc3ccccc3)nc21. The molecule has 1 aliphatic rings. The molecule has 0 saturated heterocycles. The maximum absolute atomic E-state index is 12.7. The number of benzene rings is 1. The number of rotatable bonds is 6. The molecule has 126 valence electrons. The van der Waals surface area contributed by atoms with Gasteiger partial charge in [0.2, 0.25) is 0 Å². The number of anilines is 2. The van der Waals surface area contributed by atoms with Crippen LogP contribution in [0.15, 0.2) is 42.5 Å². The minimum atomic E-state index is -0.969. The Labute approximate surface area is 141 Å². The van der Waals surface area contributed by atoms with E-state index in [-0.39, 0.29) is 5.91 Å². The maximum Gasteiger partial charge on any atom is 0.282 e. The second-order valence-corrected chi connectivity index (χ2v) is 5.52. The van der Waals surface area contributed by atoms with Crippen molar-refractivity contribution in [3.63, 3.8) is 0 Å². The first-order chi connectivity index (χ1) is 11.7. The number of nitrogens with one attached hydrogen (secondary N) is 4. The Morgan fingerprint density at radius 1 is 1.04 bits per heavy atom. The zero-order valence-corrected chi connectivity index (χ0v) is 14.1. The van der Waals surface area contributed by atoms with E-state index >= 15 is 0 Å². The highest BCUT2D eigenvalue weighted by Gasteiger charge is 2.50. The number of fused-ring (bicyclic) bond motifs is 1. The van der Waals surface area contributed by atoms with Crippen LogP contribution in [0.25, 0.3) is 0 Å². The minimum absolute atomic E-state index is 0.141. The number of amides is 1. The minimum Gasteiger partial charge on any atom is -0.366 e. The number of pyridine rings is 1. The molecular formula is C17H22N6O. The first kappa shape index (κ1) is 16.4. The Bertz CT molecular complexity index is 729. The second kappa shape index (κ2) is 6.56. The van der Waals surface area contributed by atoms with E-state index < -0.39 is 5.66 Å². The number of hydrogen-bond donors (Lipinski definition) is 4. The van der Waals surface area contributed by atoms with Crippen molar-refractivity contribution in [2.45, 2.75) is 12.2 Å². The summed E-state index contributed by atoms with van der Waals surface area (Å²) in [5.74, 6) is 1.16. The molecule has 1 aliphatic heterocycles. The number of aromatic nitrogens is 1. The van der Waals surface area contributed by atoms with E-state index in [2.05, 4.69) is 38.5 Å². The van der Waals surface area contributed by atoms with Gasteiger partial charge in [-0.25, -0.2) is 15.4 Å². The van der Waals surface area contributed by atoms with Crippen molar-refractivity contribution in [3.8, 4) is 0 Å². The summed E-state index contributed by atoms with van der Waals surface area (Å²) in [4.78, 5) is 17.4. The summed E-state index contributed by atoms with van der Waals surface area (Å²) in [7, 11) is 5.20. The molecule has 7 heteroatoms. The second-order valence-electron chi connectivity index (χ2n) is 5.52. The first-order valence-electron chi connectivity index (χ1n) is 7.85. The number of carbonyl (C=O) groups excluding carboxylic acids is 1. The molecule has 0 fully saturated rings. The van der Waals surface area contributed by atoms with E-state index in [9.17, 15) is 4.79 Å². The molecule has 0 unspecified atom stereocenters. The number of carbonyl (C=O) groups is 1. The van der Waals surface area contributed by atoms with Gasteiger partial charge in [-0.15, -0.1) is 0 Å². The molecule has 2 aromatic rings. The number of hydrogen-bond acceptors (Lipinski definition) is 6. The fraction of sp³-hybridized carbons (Fsp3) is 0.294. The Kier molecular flexibility index (Phi) is 4.48. The highest BCUT2D eigenvalue weighted by atomic mass is 16.2. The summed E-state index contributed by atoms with van der Waals surface area (Å²) in [6.45, 7) is 0.670. The number of hydrazine groups is 1. The van der Waals surface area contributed by atoms with Crippen LogP contribution in [0.3, 0.4) is 0 Å². The topological polar surface area (TPSA) is 81.3 Å². The lowest BCUT2D eigenvalue weighted by molar-refractivity contribution is -0.125. The summed E-state index contributed by atoms with van der Waals surface area (Å²) in [6.07, 6.45) is 0. The zero-order chi connectivity index (χ0) is 17.2. The van der Waals surface area contributed by atoms with Crippen LogP contribution in [0.5, 0.6) is 0 Å². The smallest absolute Gasteiger partial charge is 0.282 e. The molecule has 2 heterocycles. The molecule has 0 bridgehead atoms. The number of likely N-dealkylation sites (N-methyl/N-ethyl adjacent to an activating group) is 2. The molecule has 3 rings (SSSR count). The molecule has 0 atom stereocenters. The molecule has 1 aromatic carbocycles. The lowest BCUT2D eigenvalue weighted by Crippen LogP contribution is -2.59. The van der Waals surface area contributed by atoms with Gasteiger partial charge in [-0.3, -0.25) is 15.4 Å². The molecule has 7 nitrogen and oxygen atoms in total. The Morgan fingerprint density at radius 3 is 2.38 bits per heavy atom. The van der Waals surface area contributed by atoms with E-state index in [0.29, 0.717) is 18.2 Å². The van der Waals surface area contributed by atoms with E-state index in [4.69, 9.17) is 0 Å². The van der Waals surface area contributed by atoms with Gasteiger partial charge in [0.15, 0.2) is 11.5 Å². The predicted molar refractivity (Wildman–Crippen MR) is 94.3 cm³/mol. The molecule has 1 amide bonds. The summed E-state index contributed by atoms with van der Waals surface area (Å²) in [5, 5.41) is 10.9. The van der Waals surface area contributed by atoms with Crippen LogP contribution in [-0.4, -0.2) is 32.0 Å². The van der Waals surface area contributed by atoms with Crippen molar-refractivity contribution < 1.29 is 4.79 Å². The van der Waals surface area contributed by atoms with Crippen LogP contribution in [0.2, 0.25) is 0 Å². The van der Waals surface area contributed by atoms with Gasteiger partial charge in [-0.2, -0.15) is 0 Å². The molecule has 1 aromatic heterocycles. The van der Waals surface area contributed by atoms with E-state index in [1.807, 2.05) is 30.3 Å². The Morgan fingerprint density at radius 2 is 1.75 bits per heavy atom. The van der Waals surface area contributed by atoms with Gasteiger partial charge in [0.25, 0.3) is 5.91 Å². The van der Waals surface area contributed by atoms with Crippen molar-refractivity contribution in [2.75, 3.05) is 31.5 Å². The van der Waals surface area contributed by atoms with E-state index in [1.165, 1.54) is 10.6 Å². The van der Waals surface area contributed by atoms with Gasteiger partial charge in [-0.05, 0) is 31.8 Å². The largest absolute Gasteiger partial charge is 0.366 e. The standard InChI is InChI=1S/C17H22N6O/c1-18-17(19-2)13-9-10-14(21-11-12-7-5-4-6-8-12)22-15(13)23(20-3)16(17)24/h4-10,18-20H,11H2,1-3H3,(H,21,22). The molecular weight excluding hydrogens is 304 g/mol. The fourth-order valence-electron chi connectivity index (χ4n) is 2.99. The summed E-state index contributed by atoms with van der Waals surface area (Å²) >= 11 is 0. The molecule has 0 saturated carbocycles. The average Bonchev–Trinajstić information content (AvgIpc) is 2.87. The van der Waals surface area contributed by atoms with Crippen molar-refractivity contribution in [1.82, 2.24) is 21.0 Å². The van der Waals surface area contributed by atoms with Gasteiger partial charge in [-0.1, -0.05) is 30.3 Å². The molecule has 0 aliphatic carbocycles. The summed E-state index contributed by atoms with van der Waals surface area (Å²) < 4.78 is 0. The molecule has 4 N–H and O–H groups in total. The highest BCUT2D eigenvalue weighted by molar-refractivity contribution is 6.06. The maximum atomic E-state index is 12.7. The van der Waals surface area contributed by atoms with Crippen LogP contribution in [0, 0.1) is 0 Å². The van der Waals surface area contributed by atoms with Crippen molar-refractivity contribution >= 4 is 17.5 Å². The highest BCUT2D eigenvalue weighted by Crippen LogP contribution is 2.36. The number of nitrogens with zero attached hydrogens (tertiary/aromatic N) is 2. The first-order valence-corrected chi connectivity index (χ1v) is 7.85. The monoisotopic (exact) mass is 326 g/mol. The van der Waals surface area contributed by atoms with E-state index in [1.54, 1.807) is 21.1 Å². The third kappa shape index (κ3) is 2.52. The van der Waals surface area contributed by atoms with Crippen LogP contribution in [0.4, 0.5) is 11.6 Å². The van der Waals surface area contributed by atoms with Gasteiger partial charge < -0.3 is 5.32 Å². The van der Waals surface area contributed by atoms with Gasteiger partial charge in [0, 0.05) is 19.2 Å².